The molecule has 8 heteroatoms. The van der Waals surface area contributed by atoms with Crippen LogP contribution in [0.25, 0.3) is 0 Å². The predicted molar refractivity (Wildman–Crippen MR) is 77.0 cm³/mol. The highest BCUT2D eigenvalue weighted by molar-refractivity contribution is 7.91. The molecule has 3 heterocycles. The monoisotopic (exact) mass is 312 g/mol. The van der Waals surface area contributed by atoms with Crippen molar-refractivity contribution in [3.05, 3.63) is 18.2 Å². The number of hydrogen-bond acceptors (Lipinski definition) is 5. The van der Waals surface area contributed by atoms with Gasteiger partial charge < -0.3 is 19.7 Å². The maximum atomic E-state index is 11.8. The minimum atomic E-state index is -3.00. The van der Waals surface area contributed by atoms with Crippen LogP contribution in [0.3, 0.4) is 0 Å². The van der Waals surface area contributed by atoms with Crippen LogP contribution in [-0.4, -0.2) is 43.9 Å². The summed E-state index contributed by atoms with van der Waals surface area (Å²) in [7, 11) is -3.00. The number of hydrogen-bond donors (Lipinski definition) is 1. The van der Waals surface area contributed by atoms with E-state index >= 15 is 0 Å². The zero-order valence-electron chi connectivity index (χ0n) is 10.4. The molecule has 1 aromatic rings. The summed E-state index contributed by atoms with van der Waals surface area (Å²) in [6, 6.07) is 5.25. The van der Waals surface area contributed by atoms with Gasteiger partial charge in [0.2, 0.25) is 6.79 Å². The van der Waals surface area contributed by atoms with Gasteiger partial charge in [-0.3, -0.25) is 0 Å². The number of nitrogens with zero attached hydrogens (tertiary/aromatic N) is 1. The highest BCUT2D eigenvalue weighted by Gasteiger charge is 2.47. The van der Waals surface area contributed by atoms with Gasteiger partial charge in [-0.2, -0.15) is 0 Å². The zero-order chi connectivity index (χ0) is 13.9. The number of rotatable bonds is 1. The van der Waals surface area contributed by atoms with Crippen LogP contribution in [0.5, 0.6) is 11.5 Å². The second kappa shape index (κ2) is 3.98. The fraction of sp³-hybridized carbons (Fsp3) is 0.417. The summed E-state index contributed by atoms with van der Waals surface area (Å²) in [4.78, 5) is 1.87. The van der Waals surface area contributed by atoms with Gasteiger partial charge in [-0.15, -0.1) is 0 Å². The minimum Gasteiger partial charge on any atom is -0.454 e. The van der Waals surface area contributed by atoms with Gasteiger partial charge in [0, 0.05) is 11.8 Å². The van der Waals surface area contributed by atoms with Gasteiger partial charge in [-0.05, 0) is 24.4 Å². The first kappa shape index (κ1) is 12.2. The van der Waals surface area contributed by atoms with Crippen molar-refractivity contribution in [2.24, 2.45) is 0 Å². The van der Waals surface area contributed by atoms with Crippen molar-refractivity contribution >= 4 is 32.9 Å². The molecule has 0 bridgehead atoms. The van der Waals surface area contributed by atoms with E-state index in [0.717, 1.165) is 5.69 Å². The van der Waals surface area contributed by atoms with Crippen molar-refractivity contribution in [1.82, 2.24) is 5.32 Å². The first-order valence-corrected chi connectivity index (χ1v) is 8.46. The van der Waals surface area contributed by atoms with Crippen molar-refractivity contribution in [2.45, 2.75) is 12.1 Å². The summed E-state index contributed by atoms with van der Waals surface area (Å²) in [5.41, 5.74) is 0.830. The summed E-state index contributed by atoms with van der Waals surface area (Å²) in [5.74, 6) is 1.62. The Morgan fingerprint density at radius 1 is 1.25 bits per heavy atom. The van der Waals surface area contributed by atoms with Crippen molar-refractivity contribution in [1.29, 1.82) is 0 Å². The van der Waals surface area contributed by atoms with Crippen molar-refractivity contribution in [2.75, 3.05) is 23.2 Å². The van der Waals surface area contributed by atoms with E-state index in [9.17, 15) is 8.42 Å². The van der Waals surface area contributed by atoms with Crippen LogP contribution in [0.2, 0.25) is 0 Å². The van der Waals surface area contributed by atoms with Crippen LogP contribution in [-0.2, 0) is 9.84 Å². The summed E-state index contributed by atoms with van der Waals surface area (Å²) >= 11 is 5.33. The number of sulfone groups is 1. The normalized spacial score (nSPS) is 29.4. The molecule has 3 aliphatic rings. The second-order valence-electron chi connectivity index (χ2n) is 5.11. The summed E-state index contributed by atoms with van der Waals surface area (Å²) < 4.78 is 34.2. The molecule has 1 N–H and O–H groups in total. The molecule has 0 radical (unpaired) electrons. The molecule has 2 fully saturated rings. The predicted octanol–water partition coefficient (Wildman–Crippen LogP) is 0.275. The lowest BCUT2D eigenvalue weighted by molar-refractivity contribution is 0.174. The fourth-order valence-corrected chi connectivity index (χ4v) is 5.23. The Balaban J connectivity index is 1.72. The molecule has 6 nitrogen and oxygen atoms in total. The van der Waals surface area contributed by atoms with Crippen LogP contribution < -0.4 is 19.7 Å². The van der Waals surface area contributed by atoms with E-state index in [-0.39, 0.29) is 30.4 Å². The van der Waals surface area contributed by atoms with Crippen LogP contribution in [0.15, 0.2) is 18.2 Å². The Labute approximate surface area is 121 Å². The zero-order valence-corrected chi connectivity index (χ0v) is 12.0. The van der Waals surface area contributed by atoms with E-state index in [1.165, 1.54) is 0 Å². The van der Waals surface area contributed by atoms with E-state index in [0.29, 0.717) is 16.6 Å². The average Bonchev–Trinajstić information content (AvgIpc) is 3.00. The molecule has 0 aliphatic carbocycles. The molecule has 0 aromatic heterocycles. The molecular formula is C12H12N2O4S2. The lowest BCUT2D eigenvalue weighted by atomic mass is 10.1. The average molecular weight is 312 g/mol. The Bertz CT molecular complexity index is 703. The van der Waals surface area contributed by atoms with Gasteiger partial charge >= 0.3 is 0 Å². The summed E-state index contributed by atoms with van der Waals surface area (Å²) in [5, 5.41) is 3.66. The van der Waals surface area contributed by atoms with Crippen molar-refractivity contribution in [3.63, 3.8) is 0 Å². The van der Waals surface area contributed by atoms with Gasteiger partial charge in [-0.1, -0.05) is 0 Å². The number of ether oxygens (including phenoxy) is 2. The van der Waals surface area contributed by atoms with E-state index in [4.69, 9.17) is 21.7 Å². The first-order valence-electron chi connectivity index (χ1n) is 6.23. The minimum absolute atomic E-state index is 0.124. The molecule has 20 heavy (non-hydrogen) atoms. The molecule has 0 spiro atoms. The number of anilines is 1. The van der Waals surface area contributed by atoms with Gasteiger partial charge in [0.25, 0.3) is 0 Å². The molecule has 3 aliphatic heterocycles. The molecule has 4 rings (SSSR count). The molecular weight excluding hydrogens is 300 g/mol. The van der Waals surface area contributed by atoms with E-state index in [1.807, 2.05) is 23.1 Å². The summed E-state index contributed by atoms with van der Waals surface area (Å²) in [6.45, 7) is 0.210. The number of fused-ring (bicyclic) bond motifs is 2. The second-order valence-corrected chi connectivity index (χ2v) is 7.65. The molecule has 2 atom stereocenters. The van der Waals surface area contributed by atoms with Crippen LogP contribution in [0.1, 0.15) is 0 Å². The molecule has 2 saturated heterocycles. The van der Waals surface area contributed by atoms with E-state index < -0.39 is 9.84 Å². The molecule has 2 unspecified atom stereocenters. The van der Waals surface area contributed by atoms with E-state index in [2.05, 4.69) is 5.32 Å². The van der Waals surface area contributed by atoms with Crippen LogP contribution in [0.4, 0.5) is 5.69 Å². The number of nitrogens with one attached hydrogen (secondary N) is 1. The van der Waals surface area contributed by atoms with Crippen LogP contribution in [0, 0.1) is 0 Å². The van der Waals surface area contributed by atoms with Crippen molar-refractivity contribution in [3.8, 4) is 11.5 Å². The lowest BCUT2D eigenvalue weighted by Gasteiger charge is -2.23. The Hall–Kier alpha value is -1.54. The first-order chi connectivity index (χ1) is 9.53. The van der Waals surface area contributed by atoms with Gasteiger partial charge in [-0.25, -0.2) is 8.42 Å². The number of thiocarbonyl (C=S) groups is 1. The van der Waals surface area contributed by atoms with Gasteiger partial charge in [0.15, 0.2) is 26.4 Å². The highest BCUT2D eigenvalue weighted by atomic mass is 32.2. The largest absolute Gasteiger partial charge is 0.454 e. The third-order valence-corrected chi connectivity index (χ3v) is 5.85. The standard InChI is InChI=1S/C12H12N2O4S2/c15-20(16)4-8-9(5-20)14(12(19)13-8)7-1-2-10-11(3-7)18-6-17-10/h1-3,8-9H,4-6H2,(H,13,19). The third-order valence-electron chi connectivity index (χ3n) is 3.82. The maximum Gasteiger partial charge on any atom is 0.231 e. The van der Waals surface area contributed by atoms with Crippen LogP contribution >= 0.6 is 12.2 Å². The Kier molecular flexibility index (Phi) is 2.43. The smallest absolute Gasteiger partial charge is 0.231 e. The molecule has 0 amide bonds. The van der Waals surface area contributed by atoms with Crippen molar-refractivity contribution < 1.29 is 17.9 Å². The Morgan fingerprint density at radius 3 is 2.90 bits per heavy atom. The maximum absolute atomic E-state index is 11.8. The topological polar surface area (TPSA) is 67.9 Å². The SMILES string of the molecule is O=S1(=O)CC2NC(=S)N(c3ccc4c(c3)OCO4)C2C1. The van der Waals surface area contributed by atoms with Gasteiger partial charge in [0.1, 0.15) is 0 Å². The van der Waals surface area contributed by atoms with E-state index in [1.54, 1.807) is 0 Å². The highest BCUT2D eigenvalue weighted by Crippen LogP contribution is 2.38. The summed E-state index contributed by atoms with van der Waals surface area (Å²) in [6.07, 6.45) is 0. The Morgan fingerprint density at radius 2 is 2.05 bits per heavy atom. The third kappa shape index (κ3) is 1.75. The van der Waals surface area contributed by atoms with Gasteiger partial charge in [0.05, 0.1) is 23.6 Å². The lowest BCUT2D eigenvalue weighted by Crippen LogP contribution is -2.36. The fourth-order valence-electron chi connectivity index (χ4n) is 2.94. The quantitative estimate of drug-likeness (QED) is 0.747. The molecule has 0 saturated carbocycles. The molecule has 1 aromatic carbocycles. The number of benzene rings is 1. The molecule has 106 valence electrons.